The normalized spacial score (nSPS) is 37.0. The molecule has 0 spiro atoms. The quantitative estimate of drug-likeness (QED) is 0.659. The summed E-state index contributed by atoms with van der Waals surface area (Å²) in [7, 11) is 1.61. The highest BCUT2D eigenvalue weighted by molar-refractivity contribution is 5.72. The Morgan fingerprint density at radius 1 is 1.56 bits per heavy atom. The summed E-state index contributed by atoms with van der Waals surface area (Å²) in [5.74, 6) is -0.239. The topological polar surface area (TPSA) is 61.8 Å². The molecule has 90 valence electrons. The van der Waals surface area contributed by atoms with Crippen molar-refractivity contribution >= 4 is 11.9 Å². The average molecular weight is 228 g/mol. The SMILES string of the molecule is COC[C@H]1[C@H](OC(C)=O)CC2OC(=O)C[C@@H]21. The number of hydrogen-bond acceptors (Lipinski definition) is 5. The molecule has 2 aliphatic rings. The fourth-order valence-corrected chi connectivity index (χ4v) is 2.73. The van der Waals surface area contributed by atoms with Crippen molar-refractivity contribution in [2.45, 2.75) is 32.0 Å². The second-order valence-corrected chi connectivity index (χ2v) is 4.40. The van der Waals surface area contributed by atoms with E-state index in [9.17, 15) is 9.59 Å². The maximum atomic E-state index is 11.2. The van der Waals surface area contributed by atoms with Gasteiger partial charge in [0.1, 0.15) is 12.2 Å². The van der Waals surface area contributed by atoms with Gasteiger partial charge in [0.05, 0.1) is 13.0 Å². The Morgan fingerprint density at radius 3 is 2.94 bits per heavy atom. The number of ether oxygens (including phenoxy) is 3. The van der Waals surface area contributed by atoms with Crippen molar-refractivity contribution < 1.29 is 23.8 Å². The Kier molecular flexibility index (Phi) is 3.14. The highest BCUT2D eigenvalue weighted by atomic mass is 16.6. The van der Waals surface area contributed by atoms with Crippen LogP contribution >= 0.6 is 0 Å². The Hall–Kier alpha value is -1.10. The van der Waals surface area contributed by atoms with Crippen LogP contribution in [0.25, 0.3) is 0 Å². The summed E-state index contributed by atoms with van der Waals surface area (Å²) in [6.45, 7) is 1.89. The molecule has 1 aliphatic carbocycles. The van der Waals surface area contributed by atoms with E-state index in [0.717, 1.165) is 0 Å². The molecule has 0 aromatic rings. The fourth-order valence-electron chi connectivity index (χ4n) is 2.73. The molecule has 1 unspecified atom stereocenters. The van der Waals surface area contributed by atoms with Crippen molar-refractivity contribution in [3.05, 3.63) is 0 Å². The van der Waals surface area contributed by atoms with Crippen molar-refractivity contribution in [2.24, 2.45) is 11.8 Å². The van der Waals surface area contributed by atoms with Gasteiger partial charge in [0.2, 0.25) is 0 Å². The fraction of sp³-hybridized carbons (Fsp3) is 0.818. The van der Waals surface area contributed by atoms with Crippen molar-refractivity contribution in [1.82, 2.24) is 0 Å². The van der Waals surface area contributed by atoms with Crippen LogP contribution in [0.4, 0.5) is 0 Å². The van der Waals surface area contributed by atoms with Crippen LogP contribution in [0.1, 0.15) is 19.8 Å². The molecule has 0 aromatic carbocycles. The summed E-state index contributed by atoms with van der Waals surface area (Å²) in [6, 6.07) is 0. The lowest BCUT2D eigenvalue weighted by molar-refractivity contribution is -0.150. The van der Waals surface area contributed by atoms with Gasteiger partial charge in [0.25, 0.3) is 0 Å². The summed E-state index contributed by atoms with van der Waals surface area (Å²) < 4.78 is 15.5. The summed E-state index contributed by atoms with van der Waals surface area (Å²) in [4.78, 5) is 22.1. The van der Waals surface area contributed by atoms with E-state index < -0.39 is 0 Å². The monoisotopic (exact) mass is 228 g/mol. The number of fused-ring (bicyclic) bond motifs is 1. The van der Waals surface area contributed by atoms with Crippen LogP contribution in [0.2, 0.25) is 0 Å². The van der Waals surface area contributed by atoms with E-state index in [2.05, 4.69) is 0 Å². The summed E-state index contributed by atoms with van der Waals surface area (Å²) in [5.41, 5.74) is 0. The van der Waals surface area contributed by atoms with Gasteiger partial charge in [0.15, 0.2) is 0 Å². The molecule has 1 aliphatic heterocycles. The molecule has 2 fully saturated rings. The van der Waals surface area contributed by atoms with Crippen LogP contribution in [-0.4, -0.2) is 37.9 Å². The summed E-state index contributed by atoms with van der Waals surface area (Å²) in [6.07, 6.45) is 0.734. The van der Waals surface area contributed by atoms with Gasteiger partial charge in [-0.1, -0.05) is 0 Å². The second kappa shape index (κ2) is 4.41. The molecular formula is C11H16O5. The zero-order valence-corrected chi connectivity index (χ0v) is 9.47. The molecule has 5 nitrogen and oxygen atoms in total. The first-order valence-electron chi connectivity index (χ1n) is 5.47. The van der Waals surface area contributed by atoms with Gasteiger partial charge in [-0.3, -0.25) is 9.59 Å². The first-order valence-corrected chi connectivity index (χ1v) is 5.47. The van der Waals surface area contributed by atoms with E-state index in [-0.39, 0.29) is 36.0 Å². The predicted octanol–water partition coefficient (Wildman–Crippen LogP) is 0.516. The van der Waals surface area contributed by atoms with E-state index in [1.54, 1.807) is 7.11 Å². The van der Waals surface area contributed by atoms with Gasteiger partial charge in [0, 0.05) is 32.3 Å². The number of rotatable bonds is 3. The van der Waals surface area contributed by atoms with E-state index in [1.807, 2.05) is 0 Å². The standard InChI is InChI=1S/C11H16O5/c1-6(12)15-10-4-9-7(3-11(13)16-9)8(10)5-14-2/h7-10H,3-5H2,1-2H3/t7-,8-,9?,10-/m1/s1. The molecule has 0 N–H and O–H groups in total. The second-order valence-electron chi connectivity index (χ2n) is 4.40. The van der Waals surface area contributed by atoms with Crippen LogP contribution in [0.5, 0.6) is 0 Å². The van der Waals surface area contributed by atoms with Crippen molar-refractivity contribution in [3.8, 4) is 0 Å². The molecule has 2 rings (SSSR count). The minimum atomic E-state index is -0.294. The number of methoxy groups -OCH3 is 1. The zero-order valence-electron chi connectivity index (χ0n) is 9.47. The molecule has 5 heteroatoms. The van der Waals surface area contributed by atoms with Crippen molar-refractivity contribution in [3.63, 3.8) is 0 Å². The smallest absolute Gasteiger partial charge is 0.306 e. The van der Waals surface area contributed by atoms with Gasteiger partial charge >= 0.3 is 11.9 Å². The Labute approximate surface area is 94.0 Å². The highest BCUT2D eigenvalue weighted by Crippen LogP contribution is 2.42. The molecule has 0 radical (unpaired) electrons. The van der Waals surface area contributed by atoms with Crippen LogP contribution in [-0.2, 0) is 23.8 Å². The molecule has 4 atom stereocenters. The zero-order chi connectivity index (χ0) is 11.7. The third-order valence-corrected chi connectivity index (χ3v) is 3.33. The number of carbonyl (C=O) groups excluding carboxylic acids is 2. The van der Waals surface area contributed by atoms with Crippen LogP contribution in [0.3, 0.4) is 0 Å². The van der Waals surface area contributed by atoms with Crippen molar-refractivity contribution in [1.29, 1.82) is 0 Å². The van der Waals surface area contributed by atoms with E-state index in [1.165, 1.54) is 6.92 Å². The van der Waals surface area contributed by atoms with Crippen LogP contribution in [0, 0.1) is 11.8 Å². The molecule has 0 aromatic heterocycles. The van der Waals surface area contributed by atoms with E-state index in [4.69, 9.17) is 14.2 Å². The van der Waals surface area contributed by atoms with Gasteiger partial charge in [-0.25, -0.2) is 0 Å². The lowest BCUT2D eigenvalue weighted by Gasteiger charge is -2.21. The van der Waals surface area contributed by atoms with Gasteiger partial charge in [-0.2, -0.15) is 0 Å². The molecule has 1 heterocycles. The largest absolute Gasteiger partial charge is 0.462 e. The van der Waals surface area contributed by atoms with E-state index in [0.29, 0.717) is 19.4 Å². The first-order chi connectivity index (χ1) is 7.61. The third kappa shape index (κ3) is 2.04. The lowest BCUT2D eigenvalue weighted by atomic mass is 9.93. The molecular weight excluding hydrogens is 212 g/mol. The minimum absolute atomic E-state index is 0.0744. The average Bonchev–Trinajstić information content (AvgIpc) is 2.65. The number of hydrogen-bond donors (Lipinski definition) is 0. The lowest BCUT2D eigenvalue weighted by Crippen LogP contribution is -2.28. The molecule has 16 heavy (non-hydrogen) atoms. The van der Waals surface area contributed by atoms with Gasteiger partial charge in [-0.15, -0.1) is 0 Å². The summed E-state index contributed by atoms with van der Waals surface area (Å²) >= 11 is 0. The van der Waals surface area contributed by atoms with Gasteiger partial charge < -0.3 is 14.2 Å². The summed E-state index contributed by atoms with van der Waals surface area (Å²) in [5, 5.41) is 0. The number of esters is 2. The highest BCUT2D eigenvalue weighted by Gasteiger charge is 2.51. The Balaban J connectivity index is 2.06. The first kappa shape index (κ1) is 11.4. The Bertz CT molecular complexity index is 301. The molecule has 0 bridgehead atoms. The van der Waals surface area contributed by atoms with E-state index >= 15 is 0 Å². The van der Waals surface area contributed by atoms with Crippen molar-refractivity contribution in [2.75, 3.05) is 13.7 Å². The molecule has 1 saturated heterocycles. The maximum Gasteiger partial charge on any atom is 0.306 e. The predicted molar refractivity (Wildman–Crippen MR) is 53.5 cm³/mol. The molecule has 0 amide bonds. The van der Waals surface area contributed by atoms with Crippen LogP contribution in [0.15, 0.2) is 0 Å². The molecule has 1 saturated carbocycles. The van der Waals surface area contributed by atoms with Gasteiger partial charge in [-0.05, 0) is 0 Å². The third-order valence-electron chi connectivity index (χ3n) is 3.33. The number of carbonyl (C=O) groups is 2. The van der Waals surface area contributed by atoms with Crippen LogP contribution < -0.4 is 0 Å². The minimum Gasteiger partial charge on any atom is -0.462 e. The maximum absolute atomic E-state index is 11.2. The Morgan fingerprint density at radius 2 is 2.31 bits per heavy atom.